The predicted molar refractivity (Wildman–Crippen MR) is 68.7 cm³/mol. The lowest BCUT2D eigenvalue weighted by Gasteiger charge is -2.23. The van der Waals surface area contributed by atoms with Crippen LogP contribution in [0.3, 0.4) is 0 Å². The predicted octanol–water partition coefficient (Wildman–Crippen LogP) is 1.91. The lowest BCUT2D eigenvalue weighted by Crippen LogP contribution is -2.37. The molecule has 3 N–H and O–H groups in total. The summed E-state index contributed by atoms with van der Waals surface area (Å²) in [6.45, 7) is 4.47. The van der Waals surface area contributed by atoms with Gasteiger partial charge in [0.25, 0.3) is 0 Å². The van der Waals surface area contributed by atoms with Gasteiger partial charge in [0, 0.05) is 0 Å². The Hall–Kier alpha value is -0.900. The first-order chi connectivity index (χ1) is 7.54. The number of rotatable bonds is 5. The Bertz CT molecular complexity index is 303. The molecule has 0 aliphatic rings. The second-order valence-electron chi connectivity index (χ2n) is 4.87. The molecule has 0 saturated heterocycles. The Morgan fingerprint density at radius 1 is 1.19 bits per heavy atom. The normalized spacial score (nSPS) is 13.4. The molecule has 1 unspecified atom stereocenters. The van der Waals surface area contributed by atoms with E-state index in [4.69, 9.17) is 5.84 Å². The maximum Gasteiger partial charge on any atom is 0.0980 e. The fourth-order valence-corrected chi connectivity index (χ4v) is 1.85. The van der Waals surface area contributed by atoms with Crippen molar-refractivity contribution in [1.29, 1.82) is 0 Å². The zero-order valence-corrected chi connectivity index (χ0v) is 10.7. The summed E-state index contributed by atoms with van der Waals surface area (Å²) in [6.07, 6.45) is 1.20. The number of hydrogen-bond acceptors (Lipinski definition) is 3. The van der Waals surface area contributed by atoms with Crippen LogP contribution in [0.15, 0.2) is 24.3 Å². The Kier molecular flexibility index (Phi) is 4.93. The van der Waals surface area contributed by atoms with Crippen LogP contribution in [0.1, 0.15) is 31.1 Å². The van der Waals surface area contributed by atoms with Crippen molar-refractivity contribution in [2.75, 3.05) is 14.1 Å². The summed E-state index contributed by atoms with van der Waals surface area (Å²) >= 11 is 0. The van der Waals surface area contributed by atoms with E-state index in [1.54, 1.807) is 0 Å². The molecule has 0 aliphatic carbocycles. The van der Waals surface area contributed by atoms with Crippen molar-refractivity contribution in [3.05, 3.63) is 35.4 Å². The fourth-order valence-electron chi connectivity index (χ4n) is 1.85. The van der Waals surface area contributed by atoms with Crippen LogP contribution in [-0.4, -0.2) is 19.0 Å². The number of nitrogens with one attached hydrogen (secondary N) is 1. The SMILES string of the molecule is CC(C)Cc1ccc(C(NN)N(C)C)cc1. The summed E-state index contributed by atoms with van der Waals surface area (Å²) in [4.78, 5) is 2.05. The minimum atomic E-state index is 0.0769. The van der Waals surface area contributed by atoms with Crippen molar-refractivity contribution in [2.24, 2.45) is 11.8 Å². The van der Waals surface area contributed by atoms with Crippen LogP contribution < -0.4 is 11.3 Å². The Labute approximate surface area is 98.6 Å². The molecular formula is C13H23N3. The van der Waals surface area contributed by atoms with Gasteiger partial charge in [0.2, 0.25) is 0 Å². The Morgan fingerprint density at radius 3 is 2.12 bits per heavy atom. The Balaban J connectivity index is 2.77. The van der Waals surface area contributed by atoms with E-state index in [-0.39, 0.29) is 6.17 Å². The molecule has 0 aliphatic heterocycles. The molecule has 0 aromatic heterocycles. The first kappa shape index (κ1) is 13.2. The van der Waals surface area contributed by atoms with Crippen LogP contribution in [0, 0.1) is 5.92 Å². The molecule has 1 aromatic rings. The highest BCUT2D eigenvalue weighted by Crippen LogP contribution is 2.16. The molecule has 0 fully saturated rings. The van der Waals surface area contributed by atoms with Crippen molar-refractivity contribution < 1.29 is 0 Å². The van der Waals surface area contributed by atoms with Crippen LogP contribution in [0.4, 0.5) is 0 Å². The van der Waals surface area contributed by atoms with Crippen molar-refractivity contribution in [2.45, 2.75) is 26.4 Å². The average molecular weight is 221 g/mol. The number of hydrogen-bond donors (Lipinski definition) is 2. The molecule has 0 bridgehead atoms. The molecular weight excluding hydrogens is 198 g/mol. The zero-order chi connectivity index (χ0) is 12.1. The number of nitrogens with zero attached hydrogens (tertiary/aromatic N) is 1. The lowest BCUT2D eigenvalue weighted by molar-refractivity contribution is 0.253. The summed E-state index contributed by atoms with van der Waals surface area (Å²) in [7, 11) is 4.01. The molecule has 3 heteroatoms. The molecule has 0 heterocycles. The molecule has 0 radical (unpaired) electrons. The second-order valence-corrected chi connectivity index (χ2v) is 4.87. The van der Waals surface area contributed by atoms with Crippen LogP contribution >= 0.6 is 0 Å². The van der Waals surface area contributed by atoms with Crippen LogP contribution in [0.25, 0.3) is 0 Å². The van der Waals surface area contributed by atoms with Gasteiger partial charge in [-0.1, -0.05) is 38.1 Å². The van der Waals surface area contributed by atoms with Gasteiger partial charge in [-0.25, -0.2) is 5.43 Å². The van der Waals surface area contributed by atoms with Gasteiger partial charge in [-0.3, -0.25) is 10.7 Å². The van der Waals surface area contributed by atoms with E-state index in [9.17, 15) is 0 Å². The third-order valence-corrected chi connectivity index (χ3v) is 2.61. The van der Waals surface area contributed by atoms with E-state index < -0.39 is 0 Å². The Morgan fingerprint density at radius 2 is 1.75 bits per heavy atom. The van der Waals surface area contributed by atoms with Crippen molar-refractivity contribution in [3.63, 3.8) is 0 Å². The minimum Gasteiger partial charge on any atom is -0.289 e. The summed E-state index contributed by atoms with van der Waals surface area (Å²) in [5, 5.41) is 0. The van der Waals surface area contributed by atoms with Gasteiger partial charge in [-0.05, 0) is 37.6 Å². The summed E-state index contributed by atoms with van der Waals surface area (Å²) < 4.78 is 0. The largest absolute Gasteiger partial charge is 0.289 e. The van der Waals surface area contributed by atoms with E-state index >= 15 is 0 Å². The monoisotopic (exact) mass is 221 g/mol. The van der Waals surface area contributed by atoms with Crippen molar-refractivity contribution >= 4 is 0 Å². The van der Waals surface area contributed by atoms with Crippen molar-refractivity contribution in [3.8, 4) is 0 Å². The topological polar surface area (TPSA) is 41.3 Å². The highest BCUT2D eigenvalue weighted by atomic mass is 15.4. The molecule has 90 valence electrons. The van der Waals surface area contributed by atoms with E-state index in [0.717, 1.165) is 6.42 Å². The van der Waals surface area contributed by atoms with Crippen LogP contribution in [0.5, 0.6) is 0 Å². The highest BCUT2D eigenvalue weighted by molar-refractivity contribution is 5.25. The minimum absolute atomic E-state index is 0.0769. The molecule has 0 amide bonds. The van der Waals surface area contributed by atoms with Crippen LogP contribution in [0.2, 0.25) is 0 Å². The summed E-state index contributed by atoms with van der Waals surface area (Å²) in [5.41, 5.74) is 5.38. The van der Waals surface area contributed by atoms with Gasteiger partial charge >= 0.3 is 0 Å². The third-order valence-electron chi connectivity index (χ3n) is 2.61. The van der Waals surface area contributed by atoms with Crippen LogP contribution in [-0.2, 0) is 6.42 Å². The first-order valence-electron chi connectivity index (χ1n) is 5.76. The van der Waals surface area contributed by atoms with Gasteiger partial charge in [0.15, 0.2) is 0 Å². The number of benzene rings is 1. The highest BCUT2D eigenvalue weighted by Gasteiger charge is 2.11. The van der Waals surface area contributed by atoms with E-state index in [0.29, 0.717) is 5.92 Å². The molecule has 1 atom stereocenters. The van der Waals surface area contributed by atoms with Crippen molar-refractivity contribution in [1.82, 2.24) is 10.3 Å². The second kappa shape index (κ2) is 5.99. The molecule has 1 aromatic carbocycles. The maximum absolute atomic E-state index is 5.53. The first-order valence-corrected chi connectivity index (χ1v) is 5.76. The lowest BCUT2D eigenvalue weighted by atomic mass is 10.0. The van der Waals surface area contributed by atoms with Gasteiger partial charge < -0.3 is 0 Å². The smallest absolute Gasteiger partial charge is 0.0980 e. The standard InChI is InChI=1S/C13H23N3/c1-10(2)9-11-5-7-12(8-6-11)13(15-14)16(3)4/h5-8,10,13,15H,9,14H2,1-4H3. The average Bonchev–Trinajstić information content (AvgIpc) is 2.20. The van der Waals surface area contributed by atoms with Gasteiger partial charge in [0.05, 0.1) is 6.17 Å². The van der Waals surface area contributed by atoms with E-state index in [2.05, 4.69) is 48.4 Å². The molecule has 1 rings (SSSR count). The number of nitrogens with two attached hydrogens (primary N) is 1. The molecule has 3 nitrogen and oxygen atoms in total. The third kappa shape index (κ3) is 3.59. The maximum atomic E-state index is 5.53. The van der Waals surface area contributed by atoms with E-state index in [1.807, 2.05) is 14.1 Å². The summed E-state index contributed by atoms with van der Waals surface area (Å²) in [6, 6.07) is 8.65. The van der Waals surface area contributed by atoms with Gasteiger partial charge in [0.1, 0.15) is 0 Å². The summed E-state index contributed by atoms with van der Waals surface area (Å²) in [5.74, 6) is 6.23. The molecule has 0 saturated carbocycles. The molecule has 16 heavy (non-hydrogen) atoms. The zero-order valence-electron chi connectivity index (χ0n) is 10.7. The van der Waals surface area contributed by atoms with E-state index in [1.165, 1.54) is 11.1 Å². The quantitative estimate of drug-likeness (QED) is 0.453. The fraction of sp³-hybridized carbons (Fsp3) is 0.538. The van der Waals surface area contributed by atoms with Gasteiger partial charge in [-0.2, -0.15) is 0 Å². The molecule has 0 spiro atoms. The van der Waals surface area contributed by atoms with Gasteiger partial charge in [-0.15, -0.1) is 0 Å². The number of hydrazine groups is 1.